The van der Waals surface area contributed by atoms with Crippen LogP contribution < -0.4 is 15.5 Å². The van der Waals surface area contributed by atoms with Crippen LogP contribution in [0.1, 0.15) is 0 Å². The van der Waals surface area contributed by atoms with E-state index >= 15 is 0 Å². The Hall–Kier alpha value is -3.36. The molecule has 0 aliphatic rings. The lowest BCUT2D eigenvalue weighted by Gasteiger charge is -2.11. The van der Waals surface area contributed by atoms with Crippen molar-refractivity contribution in [3.63, 3.8) is 0 Å². The molecular formula is C17H12F3N3O3. The summed E-state index contributed by atoms with van der Waals surface area (Å²) in [7, 11) is 0. The standard InChI is InChI=1S/C17H12F3N3O3/c18-17(19,20)26-12-7-5-11(6-8-12)22-16(25)10-23-14-4-2-1-3-13(14)15(24)9-21-23/h1-9H,10H2,(H,22,25). The van der Waals surface area contributed by atoms with Crippen LogP contribution in [-0.2, 0) is 11.3 Å². The summed E-state index contributed by atoms with van der Waals surface area (Å²) in [4.78, 5) is 23.9. The van der Waals surface area contributed by atoms with Gasteiger partial charge < -0.3 is 10.1 Å². The van der Waals surface area contributed by atoms with Gasteiger partial charge in [-0.3, -0.25) is 14.3 Å². The summed E-state index contributed by atoms with van der Waals surface area (Å²) in [5.41, 5.74) is 0.552. The fourth-order valence-corrected chi connectivity index (χ4v) is 2.36. The van der Waals surface area contributed by atoms with Gasteiger partial charge in [-0.1, -0.05) is 12.1 Å². The number of nitrogens with one attached hydrogen (secondary N) is 1. The van der Waals surface area contributed by atoms with Gasteiger partial charge in [0.2, 0.25) is 11.3 Å². The second kappa shape index (κ2) is 6.87. The first-order valence-electron chi connectivity index (χ1n) is 7.42. The van der Waals surface area contributed by atoms with Crippen LogP contribution in [0.3, 0.4) is 0 Å². The van der Waals surface area contributed by atoms with Gasteiger partial charge in [0.05, 0.1) is 11.7 Å². The van der Waals surface area contributed by atoms with Crippen LogP contribution in [0.25, 0.3) is 10.9 Å². The molecule has 0 spiro atoms. The number of benzene rings is 2. The molecule has 0 bridgehead atoms. The molecule has 0 saturated carbocycles. The van der Waals surface area contributed by atoms with Crippen molar-refractivity contribution in [2.45, 2.75) is 12.9 Å². The largest absolute Gasteiger partial charge is 0.573 e. The molecular weight excluding hydrogens is 351 g/mol. The van der Waals surface area contributed by atoms with E-state index in [0.29, 0.717) is 16.6 Å². The molecule has 0 fully saturated rings. The van der Waals surface area contributed by atoms with E-state index in [4.69, 9.17) is 0 Å². The third-order valence-electron chi connectivity index (χ3n) is 3.43. The monoisotopic (exact) mass is 363 g/mol. The van der Waals surface area contributed by atoms with E-state index in [9.17, 15) is 22.8 Å². The molecule has 3 aromatic rings. The zero-order valence-electron chi connectivity index (χ0n) is 13.2. The Kier molecular flexibility index (Phi) is 4.61. The second-order valence-corrected chi connectivity index (χ2v) is 5.30. The Morgan fingerprint density at radius 2 is 1.81 bits per heavy atom. The maximum absolute atomic E-state index is 12.2. The quantitative estimate of drug-likeness (QED) is 0.774. The van der Waals surface area contributed by atoms with Gasteiger partial charge in [-0.05, 0) is 36.4 Å². The fraction of sp³-hybridized carbons (Fsp3) is 0.118. The molecule has 0 atom stereocenters. The van der Waals surface area contributed by atoms with Gasteiger partial charge in [0.1, 0.15) is 12.3 Å². The number of fused-ring (bicyclic) bond motifs is 1. The number of hydrogen-bond acceptors (Lipinski definition) is 4. The molecule has 1 heterocycles. The molecule has 0 aliphatic carbocycles. The average Bonchev–Trinajstić information content (AvgIpc) is 2.58. The number of ether oxygens (including phenoxy) is 1. The maximum atomic E-state index is 12.2. The number of rotatable bonds is 4. The molecule has 9 heteroatoms. The van der Waals surface area contributed by atoms with Crippen LogP contribution in [0.2, 0.25) is 0 Å². The van der Waals surface area contributed by atoms with Crippen LogP contribution in [0, 0.1) is 0 Å². The van der Waals surface area contributed by atoms with Crippen molar-refractivity contribution in [3.8, 4) is 5.75 Å². The summed E-state index contributed by atoms with van der Waals surface area (Å²) in [6.07, 6.45) is -3.65. The molecule has 1 aromatic heterocycles. The van der Waals surface area contributed by atoms with Gasteiger partial charge >= 0.3 is 6.36 Å². The third-order valence-corrected chi connectivity index (χ3v) is 3.43. The number of anilines is 1. The summed E-state index contributed by atoms with van der Waals surface area (Å²) in [6, 6.07) is 11.5. The Morgan fingerprint density at radius 3 is 2.50 bits per heavy atom. The first kappa shape index (κ1) is 17.5. The van der Waals surface area contributed by atoms with E-state index in [0.717, 1.165) is 18.3 Å². The lowest BCUT2D eigenvalue weighted by molar-refractivity contribution is -0.274. The van der Waals surface area contributed by atoms with Crippen molar-refractivity contribution in [1.29, 1.82) is 0 Å². The normalized spacial score (nSPS) is 11.3. The molecule has 1 N–H and O–H groups in total. The number of halogens is 3. The molecule has 0 aliphatic heterocycles. The Bertz CT molecular complexity index is 998. The van der Waals surface area contributed by atoms with Gasteiger partial charge in [0.25, 0.3) is 0 Å². The van der Waals surface area contributed by atoms with E-state index in [2.05, 4.69) is 15.2 Å². The van der Waals surface area contributed by atoms with Crippen LogP contribution in [0.4, 0.5) is 18.9 Å². The highest BCUT2D eigenvalue weighted by Gasteiger charge is 2.30. The molecule has 26 heavy (non-hydrogen) atoms. The van der Waals surface area contributed by atoms with E-state index in [1.807, 2.05) is 0 Å². The van der Waals surface area contributed by atoms with E-state index < -0.39 is 12.3 Å². The van der Waals surface area contributed by atoms with Crippen LogP contribution in [0.5, 0.6) is 5.75 Å². The van der Waals surface area contributed by atoms with Crippen LogP contribution >= 0.6 is 0 Å². The number of hydrogen-bond donors (Lipinski definition) is 1. The molecule has 2 aromatic carbocycles. The van der Waals surface area contributed by atoms with E-state index in [-0.39, 0.29) is 17.7 Å². The lowest BCUT2D eigenvalue weighted by Crippen LogP contribution is -2.22. The van der Waals surface area contributed by atoms with Gasteiger partial charge in [-0.15, -0.1) is 13.2 Å². The van der Waals surface area contributed by atoms with Crippen molar-refractivity contribution in [3.05, 3.63) is 65.0 Å². The van der Waals surface area contributed by atoms with Crippen molar-refractivity contribution < 1.29 is 22.7 Å². The highest BCUT2D eigenvalue weighted by Crippen LogP contribution is 2.24. The van der Waals surface area contributed by atoms with Crippen molar-refractivity contribution in [1.82, 2.24) is 9.78 Å². The number of para-hydroxylation sites is 1. The van der Waals surface area contributed by atoms with Gasteiger partial charge in [0.15, 0.2) is 0 Å². The molecule has 0 unspecified atom stereocenters. The third kappa shape index (κ3) is 4.18. The predicted octanol–water partition coefficient (Wildman–Crippen LogP) is 2.93. The first-order valence-corrected chi connectivity index (χ1v) is 7.42. The zero-order chi connectivity index (χ0) is 18.7. The summed E-state index contributed by atoms with van der Waals surface area (Å²) in [5.74, 6) is -0.834. The second-order valence-electron chi connectivity index (χ2n) is 5.30. The first-order chi connectivity index (χ1) is 12.3. The van der Waals surface area contributed by atoms with Crippen molar-refractivity contribution >= 4 is 22.5 Å². The molecule has 3 rings (SSSR count). The molecule has 134 valence electrons. The zero-order valence-corrected chi connectivity index (χ0v) is 13.2. The van der Waals surface area contributed by atoms with Crippen molar-refractivity contribution in [2.24, 2.45) is 0 Å². The van der Waals surface area contributed by atoms with Gasteiger partial charge in [-0.25, -0.2) is 0 Å². The predicted molar refractivity (Wildman–Crippen MR) is 87.8 cm³/mol. The molecule has 1 amide bonds. The smallest absolute Gasteiger partial charge is 0.406 e. The average molecular weight is 363 g/mol. The number of alkyl halides is 3. The summed E-state index contributed by atoms with van der Waals surface area (Å²) >= 11 is 0. The Morgan fingerprint density at radius 1 is 1.12 bits per heavy atom. The number of carbonyl (C=O) groups excluding carboxylic acids is 1. The summed E-state index contributed by atoms with van der Waals surface area (Å²) in [6.45, 7) is -0.165. The minimum atomic E-state index is -4.78. The molecule has 6 nitrogen and oxygen atoms in total. The summed E-state index contributed by atoms with van der Waals surface area (Å²) in [5, 5.41) is 6.92. The maximum Gasteiger partial charge on any atom is 0.573 e. The fourth-order valence-electron chi connectivity index (χ4n) is 2.36. The van der Waals surface area contributed by atoms with Crippen LogP contribution in [0.15, 0.2) is 59.5 Å². The van der Waals surface area contributed by atoms with Gasteiger partial charge in [-0.2, -0.15) is 5.10 Å². The van der Waals surface area contributed by atoms with Gasteiger partial charge in [0, 0.05) is 11.1 Å². The number of nitrogens with zero attached hydrogens (tertiary/aromatic N) is 2. The van der Waals surface area contributed by atoms with Crippen molar-refractivity contribution in [2.75, 3.05) is 5.32 Å². The minimum absolute atomic E-state index is 0.165. The highest BCUT2D eigenvalue weighted by molar-refractivity contribution is 5.91. The Labute approximate surface area is 144 Å². The lowest BCUT2D eigenvalue weighted by atomic mass is 10.2. The molecule has 0 saturated heterocycles. The number of amides is 1. The summed E-state index contributed by atoms with van der Waals surface area (Å²) < 4.78 is 41.5. The minimum Gasteiger partial charge on any atom is -0.406 e. The van der Waals surface area contributed by atoms with Crippen LogP contribution in [-0.4, -0.2) is 22.1 Å². The van der Waals surface area contributed by atoms with E-state index in [1.165, 1.54) is 16.8 Å². The topological polar surface area (TPSA) is 73.2 Å². The number of aromatic nitrogens is 2. The number of carbonyl (C=O) groups is 1. The SMILES string of the molecule is O=C(Cn1ncc(=O)c2ccccc21)Nc1ccc(OC(F)(F)F)cc1. The highest BCUT2D eigenvalue weighted by atomic mass is 19.4. The Balaban J connectivity index is 1.72. The molecule has 0 radical (unpaired) electrons. The van der Waals surface area contributed by atoms with E-state index in [1.54, 1.807) is 24.3 Å².